The van der Waals surface area contributed by atoms with Gasteiger partial charge < -0.3 is 0 Å². The van der Waals surface area contributed by atoms with Gasteiger partial charge in [0.1, 0.15) is 0 Å². The molecule has 1 heterocycles. The van der Waals surface area contributed by atoms with E-state index in [9.17, 15) is 0 Å². The van der Waals surface area contributed by atoms with Crippen molar-refractivity contribution in [1.29, 1.82) is 0 Å². The molecule has 1 aromatic heterocycles. The van der Waals surface area contributed by atoms with Gasteiger partial charge in [-0.05, 0) is 77.3 Å². The molecule has 0 bridgehead atoms. The van der Waals surface area contributed by atoms with Gasteiger partial charge in [0.15, 0.2) is 0 Å². The van der Waals surface area contributed by atoms with Gasteiger partial charge in [-0.2, -0.15) is 5.10 Å². The fourth-order valence-corrected chi connectivity index (χ4v) is 5.05. The Labute approximate surface area is 163 Å². The van der Waals surface area contributed by atoms with Crippen molar-refractivity contribution < 1.29 is 18.2 Å². The Morgan fingerprint density at radius 1 is 0.826 bits per heavy atom. The van der Waals surface area contributed by atoms with Gasteiger partial charge >= 0.3 is 27.7 Å². The number of rotatable bonds is 6. The molecule has 142 valence electrons. The maximum atomic E-state index is 4.49. The number of H-pyrrole nitrogens is 1. The topological polar surface area (TPSA) is 28.7 Å². The number of aryl methyl sites for hydroxylation is 2. The molecule has 6 heteroatoms. The first kappa shape index (κ1) is 28.8. The number of nitrogens with one attached hydrogen (secondary N) is 1. The van der Waals surface area contributed by atoms with E-state index in [1.165, 1.54) is 37.0 Å². The van der Waals surface area contributed by atoms with E-state index in [-0.39, 0.29) is 15.8 Å². The quantitative estimate of drug-likeness (QED) is 0.383. The van der Waals surface area contributed by atoms with Crippen LogP contribution in [0.15, 0.2) is 6.07 Å². The fraction of sp³-hybridized carbons (Fsp3) is 0.824. The van der Waals surface area contributed by atoms with E-state index in [2.05, 4.69) is 79.4 Å². The molecular weight excluding hydrogens is 436 g/mol. The van der Waals surface area contributed by atoms with Crippen molar-refractivity contribution >= 4 is 25.4 Å². The Morgan fingerprint density at radius 2 is 1.13 bits per heavy atom. The van der Waals surface area contributed by atoms with Crippen molar-refractivity contribution in [2.45, 2.75) is 55.4 Å². The van der Waals surface area contributed by atoms with E-state index in [4.69, 9.17) is 0 Å². The second-order valence-corrected chi connectivity index (χ2v) is 12.6. The average molecular weight is 476 g/mol. The van der Waals surface area contributed by atoms with E-state index in [1.807, 2.05) is 19.9 Å². The molecule has 0 saturated heterocycles. The summed E-state index contributed by atoms with van der Waals surface area (Å²) >= 11 is 2.22. The van der Waals surface area contributed by atoms with Gasteiger partial charge in [0.25, 0.3) is 0 Å². The summed E-state index contributed by atoms with van der Waals surface area (Å²) in [6, 6.07) is 2.00. The van der Waals surface area contributed by atoms with Crippen LogP contribution >= 0.6 is 25.4 Å². The van der Waals surface area contributed by atoms with E-state index >= 15 is 0 Å². The summed E-state index contributed by atoms with van der Waals surface area (Å²) in [4.78, 5) is 0. The molecule has 1 rings (SSSR count). The summed E-state index contributed by atoms with van der Waals surface area (Å²) < 4.78 is 0. The van der Waals surface area contributed by atoms with Crippen molar-refractivity contribution in [2.75, 3.05) is 37.0 Å². The molecule has 0 saturated carbocycles. The van der Waals surface area contributed by atoms with Crippen LogP contribution in [0.3, 0.4) is 0 Å². The van der Waals surface area contributed by atoms with Crippen LogP contribution in [0.2, 0.25) is 0 Å². The number of aromatic nitrogens is 2. The van der Waals surface area contributed by atoms with Gasteiger partial charge in [-0.3, -0.25) is 5.10 Å². The number of hydrogen-bond donors (Lipinski definition) is 1. The van der Waals surface area contributed by atoms with Gasteiger partial charge in [-0.25, -0.2) is 0 Å². The van der Waals surface area contributed by atoms with Crippen molar-refractivity contribution in [3.05, 3.63) is 17.5 Å². The summed E-state index contributed by atoms with van der Waals surface area (Å²) in [5.74, 6) is 0. The van der Waals surface area contributed by atoms with Crippen LogP contribution in [-0.2, 0) is 18.2 Å². The van der Waals surface area contributed by atoms with Crippen molar-refractivity contribution in [3.63, 3.8) is 0 Å². The van der Waals surface area contributed by atoms with Crippen LogP contribution in [-0.4, -0.2) is 47.2 Å². The molecule has 1 aromatic rings. The fourth-order valence-electron chi connectivity index (χ4n) is 2.05. The Balaban J connectivity index is -0.000000247. The van der Waals surface area contributed by atoms with Crippen molar-refractivity contribution in [1.82, 2.24) is 10.2 Å². The summed E-state index contributed by atoms with van der Waals surface area (Å²) in [6.07, 6.45) is 8.74. The minimum absolute atomic E-state index is 0.137. The molecule has 2 nitrogen and oxygen atoms in total. The van der Waals surface area contributed by atoms with Crippen molar-refractivity contribution in [3.8, 4) is 0 Å². The number of nitrogens with zero attached hydrogens (tertiary/aromatic N) is 1. The second kappa shape index (κ2) is 23.0. The molecular formula is C17H40ClN2P2Pd+3. The molecule has 0 spiro atoms. The van der Waals surface area contributed by atoms with Crippen LogP contribution in [0, 0.1) is 13.8 Å². The summed E-state index contributed by atoms with van der Waals surface area (Å²) in [5, 5.41) is 6.71. The molecule has 0 unspecified atom stereocenters. The molecule has 1 N–H and O–H groups in total. The van der Waals surface area contributed by atoms with Gasteiger partial charge in [-0.15, -0.1) is 0 Å². The third-order valence-electron chi connectivity index (χ3n) is 3.83. The SMILES string of the molecule is CC[PH+](CC)CC.CC[PH+](CC)CC.Cc1cc(C)[nH]n1.[Cl][Pd+]. The van der Waals surface area contributed by atoms with E-state index < -0.39 is 0 Å². The maximum absolute atomic E-state index is 4.49. The molecule has 0 radical (unpaired) electrons. The van der Waals surface area contributed by atoms with Crippen LogP contribution in [0.25, 0.3) is 0 Å². The zero-order chi connectivity index (χ0) is 18.7. The third kappa shape index (κ3) is 21.0. The Morgan fingerprint density at radius 3 is 1.17 bits per heavy atom. The number of hydrogen-bond acceptors (Lipinski definition) is 1. The molecule has 0 fully saturated rings. The Bertz CT molecular complexity index is 278. The number of aromatic amines is 1. The van der Waals surface area contributed by atoms with Crippen LogP contribution < -0.4 is 0 Å². The van der Waals surface area contributed by atoms with Crippen LogP contribution in [0.5, 0.6) is 0 Å². The summed E-state index contributed by atoms with van der Waals surface area (Å²) in [7, 11) is 4.76. The molecule has 23 heavy (non-hydrogen) atoms. The van der Waals surface area contributed by atoms with Crippen molar-refractivity contribution in [2.24, 2.45) is 0 Å². The van der Waals surface area contributed by atoms with Crippen LogP contribution in [0.4, 0.5) is 0 Å². The average Bonchev–Trinajstić information content (AvgIpc) is 2.97. The third-order valence-corrected chi connectivity index (χ3v) is 9.83. The molecule has 0 aromatic carbocycles. The van der Waals surface area contributed by atoms with Gasteiger partial charge in [0, 0.05) is 5.69 Å². The monoisotopic (exact) mass is 475 g/mol. The molecule has 0 aliphatic carbocycles. The first-order chi connectivity index (χ1) is 11.0. The van der Waals surface area contributed by atoms with E-state index in [1.54, 1.807) is 0 Å². The predicted octanol–water partition coefficient (Wildman–Crippen LogP) is 6.23. The predicted molar refractivity (Wildman–Crippen MR) is 114 cm³/mol. The standard InChI is InChI=1S/2C6H15P.C5H8N2.ClH.Pd/c2*1-4-7(5-2)6-3;1-4-3-5(2)7-6-4;;/h2*4-6H2,1-3H3;3H,1-2H3,(H,6,7);1H;/q;;;;+2/p+1. The summed E-state index contributed by atoms with van der Waals surface area (Å²) in [5.41, 5.74) is 2.18. The van der Waals surface area contributed by atoms with E-state index in [0.717, 1.165) is 11.4 Å². The van der Waals surface area contributed by atoms with Gasteiger partial charge in [0.05, 0.1) is 42.7 Å². The molecule has 0 amide bonds. The molecule has 0 aliphatic rings. The summed E-state index contributed by atoms with van der Waals surface area (Å²) in [6.45, 7) is 17.8. The Kier molecular flexibility index (Phi) is 28.8. The van der Waals surface area contributed by atoms with Crippen LogP contribution in [0.1, 0.15) is 52.9 Å². The Hall–Kier alpha value is 1.02. The van der Waals surface area contributed by atoms with E-state index in [0.29, 0.717) is 0 Å². The van der Waals surface area contributed by atoms with Gasteiger partial charge in [-0.1, -0.05) is 0 Å². The zero-order valence-electron chi connectivity index (χ0n) is 16.5. The first-order valence-electron chi connectivity index (χ1n) is 8.76. The molecule has 0 atom stereocenters. The zero-order valence-corrected chi connectivity index (χ0v) is 20.8. The van der Waals surface area contributed by atoms with Gasteiger partial charge in [0.2, 0.25) is 0 Å². The normalized spacial score (nSPS) is 9.43. The second-order valence-electron chi connectivity index (χ2n) is 5.31. The number of halogens is 1. The minimum atomic E-state index is 0.137. The first-order valence-corrected chi connectivity index (χ1v) is 15.0. The molecule has 0 aliphatic heterocycles.